The number of nitrogens with two attached hydrogens (primary N) is 2. The van der Waals surface area contributed by atoms with Crippen molar-refractivity contribution in [2.45, 2.75) is 109 Å². The van der Waals surface area contributed by atoms with Crippen LogP contribution in [0.1, 0.15) is 70.1 Å². The summed E-state index contributed by atoms with van der Waals surface area (Å²) in [6.07, 6.45) is 0.711. The number of guanidine groups is 1. The predicted octanol–water partition coefficient (Wildman–Crippen LogP) is 1.61. The number of carbonyl (C=O) groups excluding carboxylic acids is 5. The Morgan fingerprint density at radius 1 is 0.565 bits per heavy atom. The fourth-order valence-corrected chi connectivity index (χ4v) is 6.67. The molecule has 3 rings (SSSR count). The highest BCUT2D eigenvalue weighted by Crippen LogP contribution is 2.14. The van der Waals surface area contributed by atoms with Gasteiger partial charge >= 0.3 is 5.97 Å². The molecule has 17 heteroatoms. The van der Waals surface area contributed by atoms with Gasteiger partial charge < -0.3 is 53.6 Å². The largest absolute Gasteiger partial charge is 0.508 e. The van der Waals surface area contributed by atoms with E-state index >= 15 is 0 Å². The number of amides is 5. The first-order valence-electron chi connectivity index (χ1n) is 20.9. The predicted molar refractivity (Wildman–Crippen MR) is 235 cm³/mol. The Morgan fingerprint density at radius 2 is 0.968 bits per heavy atom. The molecule has 0 heterocycles. The van der Waals surface area contributed by atoms with E-state index < -0.39 is 71.8 Å². The Hall–Kier alpha value is -6.49. The van der Waals surface area contributed by atoms with E-state index in [1.807, 2.05) is 27.7 Å². The lowest BCUT2D eigenvalue weighted by atomic mass is 9.99. The fourth-order valence-electron chi connectivity index (χ4n) is 6.67. The number of hydrogen-bond donors (Lipinski definition) is 11. The van der Waals surface area contributed by atoms with Crippen LogP contribution in [0.4, 0.5) is 0 Å². The number of carbonyl (C=O) groups is 6. The van der Waals surface area contributed by atoms with Gasteiger partial charge in [-0.25, -0.2) is 4.79 Å². The van der Waals surface area contributed by atoms with Gasteiger partial charge in [0.15, 0.2) is 5.96 Å². The molecule has 0 saturated carbocycles. The van der Waals surface area contributed by atoms with Crippen molar-refractivity contribution < 1.29 is 39.0 Å². The number of rotatable bonds is 25. The molecule has 6 atom stereocenters. The Bertz CT molecular complexity index is 1930. The summed E-state index contributed by atoms with van der Waals surface area (Å²) in [5, 5.41) is 43.7. The summed E-state index contributed by atoms with van der Waals surface area (Å²) in [5.74, 6) is -4.99. The molecule has 0 radical (unpaired) electrons. The number of hydrogen-bond acceptors (Lipinski definition) is 9. The van der Waals surface area contributed by atoms with Crippen LogP contribution in [0, 0.1) is 17.2 Å². The van der Waals surface area contributed by atoms with Crippen molar-refractivity contribution in [1.29, 1.82) is 5.41 Å². The molecule has 13 N–H and O–H groups in total. The van der Waals surface area contributed by atoms with Gasteiger partial charge in [0.1, 0.15) is 36.0 Å². The first kappa shape index (κ1) is 49.9. The quantitative estimate of drug-likeness (QED) is 0.0331. The molecule has 336 valence electrons. The third kappa shape index (κ3) is 18.0. The van der Waals surface area contributed by atoms with E-state index in [1.165, 1.54) is 12.1 Å². The molecular weight excluding hydrogens is 795 g/mol. The number of benzene rings is 3. The first-order valence-corrected chi connectivity index (χ1v) is 20.9. The number of carboxylic acids is 1. The van der Waals surface area contributed by atoms with Crippen LogP contribution in [0.2, 0.25) is 0 Å². The van der Waals surface area contributed by atoms with Gasteiger partial charge in [-0.05, 0) is 66.3 Å². The average Bonchev–Trinajstić information content (AvgIpc) is 3.21. The molecule has 0 unspecified atom stereocenters. The minimum Gasteiger partial charge on any atom is -0.508 e. The summed E-state index contributed by atoms with van der Waals surface area (Å²) < 4.78 is 0. The molecule has 0 aromatic heterocycles. The minimum absolute atomic E-state index is 0.0110. The lowest BCUT2D eigenvalue weighted by molar-refractivity contribution is -0.142. The van der Waals surface area contributed by atoms with Crippen LogP contribution < -0.4 is 43.4 Å². The summed E-state index contributed by atoms with van der Waals surface area (Å²) in [4.78, 5) is 81.9. The lowest BCUT2D eigenvalue weighted by Gasteiger charge is -2.28. The Morgan fingerprint density at radius 3 is 1.44 bits per heavy atom. The van der Waals surface area contributed by atoms with Gasteiger partial charge in [-0.1, -0.05) is 100 Å². The molecule has 0 aliphatic heterocycles. The van der Waals surface area contributed by atoms with Crippen molar-refractivity contribution in [3.05, 3.63) is 102 Å². The molecule has 3 aromatic carbocycles. The lowest BCUT2D eigenvalue weighted by Crippen LogP contribution is -2.60. The number of carboxylic acid groups (broad SMARTS) is 1. The van der Waals surface area contributed by atoms with E-state index in [0.29, 0.717) is 23.1 Å². The van der Waals surface area contributed by atoms with E-state index in [4.69, 9.17) is 16.9 Å². The standard InChI is InChI=1S/C45H63N9O8/c1-27(2)22-33(46)39(56)51-35(23-28(3)4)41(58)53-37(25-31-17-19-32(55)20-18-31)42(59)50-34(16-11-21-49-45(47)48)40(57)52-36(24-29-12-7-5-8-13-29)43(60)54-38(44(61)62)26-30-14-9-6-10-15-30/h5-10,12-15,17-20,27-28,33-38,55H,11,16,21-26,46H2,1-4H3,(H,50,59)(H,51,56)(H,52,57)(H,53,58)(H,54,60)(H,61,62)(H4,47,48,49)/t33-,34-,35-,36-,37-,38-/m0/s1. The van der Waals surface area contributed by atoms with Gasteiger partial charge in [0.05, 0.1) is 6.04 Å². The van der Waals surface area contributed by atoms with Crippen molar-refractivity contribution in [3.63, 3.8) is 0 Å². The van der Waals surface area contributed by atoms with Gasteiger partial charge in [0, 0.05) is 25.8 Å². The summed E-state index contributed by atoms with van der Waals surface area (Å²) in [6.45, 7) is 7.76. The van der Waals surface area contributed by atoms with Gasteiger partial charge in [-0.15, -0.1) is 0 Å². The van der Waals surface area contributed by atoms with Gasteiger partial charge in [-0.2, -0.15) is 0 Å². The average molecular weight is 858 g/mol. The van der Waals surface area contributed by atoms with Crippen molar-refractivity contribution >= 4 is 41.5 Å². The second kappa shape index (κ2) is 25.3. The Balaban J connectivity index is 1.95. The summed E-state index contributed by atoms with van der Waals surface area (Å²) in [6, 6.07) is 16.4. The molecule has 0 bridgehead atoms. The first-order chi connectivity index (χ1) is 29.4. The highest BCUT2D eigenvalue weighted by atomic mass is 16.4. The maximum atomic E-state index is 14.3. The van der Waals surface area contributed by atoms with Crippen LogP contribution in [-0.4, -0.2) is 94.5 Å². The topological polar surface area (TPSA) is 291 Å². The monoisotopic (exact) mass is 857 g/mol. The third-order valence-corrected chi connectivity index (χ3v) is 9.84. The SMILES string of the molecule is CC(C)C[C@H](NC(=O)[C@@H](N)CC(C)C)C(=O)N[C@@H](Cc1ccc(O)cc1)C(=O)N[C@@H](CCCNC(=N)N)C(=O)N[C@@H](Cc1ccccc1)C(=O)N[C@@H](Cc1ccccc1)C(=O)O. The van der Waals surface area contributed by atoms with Crippen LogP contribution in [-0.2, 0) is 48.0 Å². The number of phenols is 1. The van der Waals surface area contributed by atoms with Crippen molar-refractivity contribution in [1.82, 2.24) is 31.9 Å². The molecule has 0 spiro atoms. The van der Waals surface area contributed by atoms with E-state index in [1.54, 1.807) is 72.8 Å². The zero-order valence-corrected chi connectivity index (χ0v) is 35.9. The smallest absolute Gasteiger partial charge is 0.326 e. The normalized spacial score (nSPS) is 14.0. The summed E-state index contributed by atoms with van der Waals surface area (Å²) >= 11 is 0. The van der Waals surface area contributed by atoms with Crippen LogP contribution in [0.25, 0.3) is 0 Å². The number of aromatic hydroxyl groups is 1. The van der Waals surface area contributed by atoms with Crippen LogP contribution in [0.3, 0.4) is 0 Å². The zero-order valence-electron chi connectivity index (χ0n) is 35.9. The molecule has 3 aromatic rings. The van der Waals surface area contributed by atoms with Crippen molar-refractivity contribution in [2.75, 3.05) is 6.54 Å². The number of nitrogens with one attached hydrogen (secondary N) is 7. The van der Waals surface area contributed by atoms with Crippen molar-refractivity contribution in [2.24, 2.45) is 23.3 Å². The molecule has 0 fully saturated rings. The Kier molecular flexibility index (Phi) is 20.4. The molecule has 5 amide bonds. The van der Waals surface area contributed by atoms with E-state index in [-0.39, 0.29) is 68.6 Å². The summed E-state index contributed by atoms with van der Waals surface area (Å²) in [5.41, 5.74) is 13.5. The van der Waals surface area contributed by atoms with Crippen molar-refractivity contribution in [3.8, 4) is 5.75 Å². The third-order valence-electron chi connectivity index (χ3n) is 9.84. The highest BCUT2D eigenvalue weighted by molar-refractivity contribution is 5.96. The maximum absolute atomic E-state index is 14.3. The maximum Gasteiger partial charge on any atom is 0.326 e. The highest BCUT2D eigenvalue weighted by Gasteiger charge is 2.33. The van der Waals surface area contributed by atoms with E-state index in [2.05, 4.69) is 31.9 Å². The van der Waals surface area contributed by atoms with Gasteiger partial charge in [0.2, 0.25) is 29.5 Å². The van der Waals surface area contributed by atoms with Crippen LogP contribution >= 0.6 is 0 Å². The van der Waals surface area contributed by atoms with E-state index in [9.17, 15) is 39.0 Å². The number of aliphatic carboxylic acids is 1. The number of phenolic OH excluding ortho intramolecular Hbond substituents is 1. The zero-order chi connectivity index (χ0) is 45.8. The molecule has 0 saturated heterocycles. The van der Waals surface area contributed by atoms with E-state index in [0.717, 1.165) is 0 Å². The summed E-state index contributed by atoms with van der Waals surface area (Å²) in [7, 11) is 0. The second-order valence-corrected chi connectivity index (χ2v) is 16.2. The van der Waals surface area contributed by atoms with Gasteiger partial charge in [0.25, 0.3) is 0 Å². The van der Waals surface area contributed by atoms with Gasteiger partial charge in [-0.3, -0.25) is 29.4 Å². The molecule has 0 aliphatic carbocycles. The van der Waals surface area contributed by atoms with Crippen LogP contribution in [0.5, 0.6) is 5.75 Å². The minimum atomic E-state index is -1.33. The molecular formula is C45H63N9O8. The second-order valence-electron chi connectivity index (χ2n) is 16.2. The fraction of sp³-hybridized carbons (Fsp3) is 0.444. The molecule has 0 aliphatic rings. The molecule has 62 heavy (non-hydrogen) atoms. The molecule has 17 nitrogen and oxygen atoms in total. The Labute approximate surface area is 363 Å². The van der Waals surface area contributed by atoms with Crippen LogP contribution in [0.15, 0.2) is 84.9 Å².